The van der Waals surface area contributed by atoms with E-state index in [-0.39, 0.29) is 12.4 Å². The van der Waals surface area contributed by atoms with Crippen molar-refractivity contribution in [2.75, 3.05) is 13.2 Å². The number of halogens is 3. The Morgan fingerprint density at radius 2 is 2.10 bits per heavy atom. The summed E-state index contributed by atoms with van der Waals surface area (Å²) in [6.45, 7) is 0.788. The molecule has 2 unspecified atom stereocenters. The molecule has 5 heteroatoms. The van der Waals surface area contributed by atoms with E-state index in [4.69, 9.17) is 0 Å². The zero-order valence-corrected chi connectivity index (χ0v) is 6.16. The Bertz CT molecular complexity index is 85.7. The molecule has 2 atom stereocenters. The minimum Gasteiger partial charge on any atom is -0.345 e. The van der Waals surface area contributed by atoms with Gasteiger partial charge in [-0.25, -0.2) is 8.78 Å². The predicted octanol–water partition coefficient (Wildman–Crippen LogP) is 1.01. The summed E-state index contributed by atoms with van der Waals surface area (Å²) in [6.07, 6.45) is -2.76. The second-order valence-corrected chi connectivity index (χ2v) is 1.93. The van der Waals surface area contributed by atoms with Crippen molar-refractivity contribution >= 4 is 12.4 Å². The molecule has 0 radical (unpaired) electrons. The second-order valence-electron chi connectivity index (χ2n) is 1.93. The van der Waals surface area contributed by atoms with Crippen LogP contribution in [-0.4, -0.2) is 25.8 Å². The molecule has 0 aliphatic carbocycles. The standard InChI is InChI=1S/C5H9F2NO.ClH/c6-4-5(7)9-3-1-2-8-4;/h4-5,8H,1-3H2;1H. The van der Waals surface area contributed by atoms with E-state index in [1.807, 2.05) is 0 Å². The van der Waals surface area contributed by atoms with Crippen molar-refractivity contribution in [1.82, 2.24) is 5.32 Å². The number of hydrogen-bond donors (Lipinski definition) is 1. The Balaban J connectivity index is 0.000000810. The average molecular weight is 174 g/mol. The lowest BCUT2D eigenvalue weighted by Crippen LogP contribution is -2.32. The third kappa shape index (κ3) is 2.77. The molecule has 1 heterocycles. The maximum atomic E-state index is 12.2. The molecular weight excluding hydrogens is 164 g/mol. The van der Waals surface area contributed by atoms with Gasteiger partial charge in [0.15, 0.2) is 0 Å². The van der Waals surface area contributed by atoms with E-state index in [0.717, 1.165) is 0 Å². The molecule has 1 fully saturated rings. The molecule has 0 aromatic carbocycles. The number of ether oxygens (including phenoxy) is 1. The lowest BCUT2D eigenvalue weighted by atomic mass is 10.4. The molecule has 1 aliphatic rings. The summed E-state index contributed by atoms with van der Waals surface area (Å²) in [5, 5.41) is 2.33. The van der Waals surface area contributed by atoms with Crippen LogP contribution in [0.1, 0.15) is 6.42 Å². The summed E-state index contributed by atoms with van der Waals surface area (Å²) in [7, 11) is 0. The maximum Gasteiger partial charge on any atom is 0.244 e. The largest absolute Gasteiger partial charge is 0.345 e. The number of hydrogen-bond acceptors (Lipinski definition) is 2. The highest BCUT2D eigenvalue weighted by Gasteiger charge is 2.21. The van der Waals surface area contributed by atoms with Crippen molar-refractivity contribution in [1.29, 1.82) is 0 Å². The molecule has 1 aliphatic heterocycles. The van der Waals surface area contributed by atoms with Gasteiger partial charge in [-0.3, -0.25) is 5.32 Å². The Kier molecular flexibility index (Phi) is 4.85. The van der Waals surface area contributed by atoms with E-state index in [0.29, 0.717) is 19.6 Å². The molecule has 0 aromatic heterocycles. The van der Waals surface area contributed by atoms with Gasteiger partial charge in [-0.2, -0.15) is 0 Å². The van der Waals surface area contributed by atoms with Crippen molar-refractivity contribution in [3.63, 3.8) is 0 Å². The van der Waals surface area contributed by atoms with Crippen LogP contribution in [-0.2, 0) is 4.74 Å². The highest BCUT2D eigenvalue weighted by Crippen LogP contribution is 2.06. The van der Waals surface area contributed by atoms with Crippen LogP contribution in [0.25, 0.3) is 0 Å². The minimum atomic E-state index is -1.78. The van der Waals surface area contributed by atoms with Gasteiger partial charge in [0.2, 0.25) is 12.7 Å². The van der Waals surface area contributed by atoms with Crippen LogP contribution in [0.5, 0.6) is 0 Å². The zero-order valence-electron chi connectivity index (χ0n) is 5.35. The Hall–Kier alpha value is 0.0700. The molecule has 1 N–H and O–H groups in total. The van der Waals surface area contributed by atoms with Crippen molar-refractivity contribution in [3.05, 3.63) is 0 Å². The van der Waals surface area contributed by atoms with Crippen LogP contribution in [0.15, 0.2) is 0 Å². The molecule has 0 spiro atoms. The number of nitrogens with one attached hydrogen (secondary N) is 1. The maximum absolute atomic E-state index is 12.2. The lowest BCUT2D eigenvalue weighted by Gasteiger charge is -2.08. The monoisotopic (exact) mass is 173 g/mol. The number of rotatable bonds is 0. The smallest absolute Gasteiger partial charge is 0.244 e. The molecule has 1 rings (SSSR count). The normalized spacial score (nSPS) is 34.2. The summed E-state index contributed by atoms with van der Waals surface area (Å²) >= 11 is 0. The van der Waals surface area contributed by atoms with E-state index in [2.05, 4.69) is 10.1 Å². The van der Waals surface area contributed by atoms with Gasteiger partial charge in [0.25, 0.3) is 0 Å². The van der Waals surface area contributed by atoms with E-state index in [1.54, 1.807) is 0 Å². The molecule has 0 amide bonds. The summed E-state index contributed by atoms with van der Waals surface area (Å²) in [5.74, 6) is 0. The van der Waals surface area contributed by atoms with Gasteiger partial charge < -0.3 is 4.74 Å². The first kappa shape index (κ1) is 10.1. The predicted molar refractivity (Wildman–Crippen MR) is 35.6 cm³/mol. The van der Waals surface area contributed by atoms with Gasteiger partial charge in [0.05, 0.1) is 6.61 Å². The first-order valence-electron chi connectivity index (χ1n) is 2.94. The van der Waals surface area contributed by atoms with E-state index < -0.39 is 12.7 Å². The summed E-state index contributed by atoms with van der Waals surface area (Å²) in [5.41, 5.74) is 0. The summed E-state index contributed by atoms with van der Waals surface area (Å²) in [4.78, 5) is 0. The summed E-state index contributed by atoms with van der Waals surface area (Å²) in [6, 6.07) is 0. The second kappa shape index (κ2) is 4.82. The Morgan fingerprint density at radius 1 is 1.40 bits per heavy atom. The lowest BCUT2D eigenvalue weighted by molar-refractivity contribution is -0.0818. The van der Waals surface area contributed by atoms with Crippen molar-refractivity contribution in [3.8, 4) is 0 Å². The molecule has 2 nitrogen and oxygen atoms in total. The van der Waals surface area contributed by atoms with E-state index in [1.165, 1.54) is 0 Å². The highest BCUT2D eigenvalue weighted by atomic mass is 35.5. The minimum absolute atomic E-state index is 0. The van der Waals surface area contributed by atoms with Gasteiger partial charge in [0.1, 0.15) is 0 Å². The molecule has 62 valence electrons. The zero-order chi connectivity index (χ0) is 6.69. The van der Waals surface area contributed by atoms with Crippen LogP contribution in [0.3, 0.4) is 0 Å². The van der Waals surface area contributed by atoms with E-state index in [9.17, 15) is 8.78 Å². The number of alkyl halides is 2. The molecule has 0 saturated carbocycles. The van der Waals surface area contributed by atoms with Gasteiger partial charge in [-0.05, 0) is 6.42 Å². The fourth-order valence-corrected chi connectivity index (χ4v) is 0.685. The fourth-order valence-electron chi connectivity index (χ4n) is 0.685. The van der Waals surface area contributed by atoms with Crippen LogP contribution in [0.4, 0.5) is 8.78 Å². The molecule has 10 heavy (non-hydrogen) atoms. The highest BCUT2D eigenvalue weighted by molar-refractivity contribution is 5.85. The molecule has 0 aromatic rings. The van der Waals surface area contributed by atoms with E-state index >= 15 is 0 Å². The van der Waals surface area contributed by atoms with Crippen LogP contribution in [0.2, 0.25) is 0 Å². The third-order valence-corrected chi connectivity index (χ3v) is 1.17. The van der Waals surface area contributed by atoms with Gasteiger partial charge in [-0.1, -0.05) is 0 Å². The molecule has 1 saturated heterocycles. The fraction of sp³-hybridized carbons (Fsp3) is 1.00. The SMILES string of the molecule is Cl.FC1NCCCOC1F. The van der Waals surface area contributed by atoms with Gasteiger partial charge in [0, 0.05) is 6.54 Å². The van der Waals surface area contributed by atoms with Crippen molar-refractivity contribution in [2.45, 2.75) is 19.1 Å². The van der Waals surface area contributed by atoms with Gasteiger partial charge in [-0.15, -0.1) is 12.4 Å². The van der Waals surface area contributed by atoms with Gasteiger partial charge >= 0.3 is 0 Å². The Labute approximate surface area is 64.3 Å². The van der Waals surface area contributed by atoms with Crippen LogP contribution >= 0.6 is 12.4 Å². The molecular formula is C5H10ClF2NO. The van der Waals surface area contributed by atoms with Crippen LogP contribution in [0, 0.1) is 0 Å². The van der Waals surface area contributed by atoms with Crippen LogP contribution < -0.4 is 5.32 Å². The van der Waals surface area contributed by atoms with Crippen molar-refractivity contribution in [2.24, 2.45) is 0 Å². The summed E-state index contributed by atoms with van der Waals surface area (Å²) < 4.78 is 28.8. The van der Waals surface area contributed by atoms with Crippen molar-refractivity contribution < 1.29 is 13.5 Å². The molecule has 0 bridgehead atoms. The average Bonchev–Trinajstić information content (AvgIpc) is 1.99. The topological polar surface area (TPSA) is 21.3 Å². The first-order chi connectivity index (χ1) is 4.30. The Morgan fingerprint density at radius 3 is 2.80 bits per heavy atom. The quantitative estimate of drug-likeness (QED) is 0.552. The third-order valence-electron chi connectivity index (χ3n) is 1.17. The first-order valence-corrected chi connectivity index (χ1v) is 2.94.